The molecule has 1 nitrogen and oxygen atoms in total. The minimum atomic E-state index is 0.751. The zero-order chi connectivity index (χ0) is 9.14. The standard InChI is InChI=1S/C11H21N/c1-8-5-9(2)11(7-12-4)10(3)6-8/h5,9-12H,6-7H2,1-4H3/t9-,10+,11-/m0/s1. The molecular weight excluding hydrogens is 146 g/mol. The zero-order valence-electron chi connectivity index (χ0n) is 8.72. The average molecular weight is 167 g/mol. The van der Waals surface area contributed by atoms with Gasteiger partial charge in [0, 0.05) is 0 Å². The maximum Gasteiger partial charge on any atom is -0.00153 e. The first kappa shape index (κ1) is 9.79. The van der Waals surface area contributed by atoms with E-state index in [1.807, 2.05) is 7.05 Å². The van der Waals surface area contributed by atoms with Gasteiger partial charge in [0.25, 0.3) is 0 Å². The van der Waals surface area contributed by atoms with Crippen LogP contribution in [0.5, 0.6) is 0 Å². The van der Waals surface area contributed by atoms with Crippen LogP contribution in [0.25, 0.3) is 0 Å². The quantitative estimate of drug-likeness (QED) is 0.623. The van der Waals surface area contributed by atoms with Crippen LogP contribution in [0.3, 0.4) is 0 Å². The third-order valence-corrected chi connectivity index (χ3v) is 3.04. The topological polar surface area (TPSA) is 12.0 Å². The van der Waals surface area contributed by atoms with E-state index in [0.717, 1.165) is 24.3 Å². The van der Waals surface area contributed by atoms with Crippen molar-refractivity contribution in [3.05, 3.63) is 11.6 Å². The molecule has 0 aliphatic heterocycles. The molecule has 0 aromatic rings. The van der Waals surface area contributed by atoms with E-state index in [4.69, 9.17) is 0 Å². The molecule has 0 fully saturated rings. The summed E-state index contributed by atoms with van der Waals surface area (Å²) >= 11 is 0. The Bertz CT molecular complexity index is 172. The lowest BCUT2D eigenvalue weighted by Crippen LogP contribution is -2.31. The van der Waals surface area contributed by atoms with Gasteiger partial charge in [-0.25, -0.2) is 0 Å². The summed E-state index contributed by atoms with van der Waals surface area (Å²) in [6.07, 6.45) is 3.72. The second-order valence-electron chi connectivity index (χ2n) is 4.28. The van der Waals surface area contributed by atoms with Gasteiger partial charge in [0.2, 0.25) is 0 Å². The molecule has 0 aromatic heterocycles. The van der Waals surface area contributed by atoms with Crippen LogP contribution >= 0.6 is 0 Å². The van der Waals surface area contributed by atoms with Crippen LogP contribution < -0.4 is 5.32 Å². The highest BCUT2D eigenvalue weighted by molar-refractivity contribution is 5.08. The van der Waals surface area contributed by atoms with E-state index in [1.54, 1.807) is 5.57 Å². The van der Waals surface area contributed by atoms with Gasteiger partial charge >= 0.3 is 0 Å². The molecule has 12 heavy (non-hydrogen) atoms. The Hall–Kier alpha value is -0.300. The molecule has 0 heterocycles. The Morgan fingerprint density at radius 1 is 1.50 bits per heavy atom. The van der Waals surface area contributed by atoms with Gasteiger partial charge in [-0.2, -0.15) is 0 Å². The van der Waals surface area contributed by atoms with E-state index in [2.05, 4.69) is 32.2 Å². The summed E-state index contributed by atoms with van der Waals surface area (Å²) in [4.78, 5) is 0. The summed E-state index contributed by atoms with van der Waals surface area (Å²) in [5, 5.41) is 3.28. The van der Waals surface area contributed by atoms with Crippen LogP contribution in [0, 0.1) is 17.8 Å². The highest BCUT2D eigenvalue weighted by Gasteiger charge is 2.25. The van der Waals surface area contributed by atoms with Crippen molar-refractivity contribution in [2.24, 2.45) is 17.8 Å². The highest BCUT2D eigenvalue weighted by Crippen LogP contribution is 2.32. The maximum atomic E-state index is 3.28. The predicted octanol–water partition coefficient (Wildman–Crippen LogP) is 2.44. The van der Waals surface area contributed by atoms with Crippen LogP contribution in [0.2, 0.25) is 0 Å². The van der Waals surface area contributed by atoms with E-state index < -0.39 is 0 Å². The maximum absolute atomic E-state index is 3.28. The first-order valence-corrected chi connectivity index (χ1v) is 4.97. The molecule has 1 heteroatoms. The SMILES string of the molecule is CNC[C@@H]1[C@H](C)CC(C)=C[C@@H]1C. The second-order valence-corrected chi connectivity index (χ2v) is 4.28. The molecule has 0 unspecified atom stereocenters. The molecule has 0 amide bonds. The van der Waals surface area contributed by atoms with E-state index in [0.29, 0.717) is 0 Å². The summed E-state index contributed by atoms with van der Waals surface area (Å²) in [6, 6.07) is 0. The van der Waals surface area contributed by atoms with Crippen molar-refractivity contribution >= 4 is 0 Å². The fourth-order valence-electron chi connectivity index (χ4n) is 2.44. The third kappa shape index (κ3) is 2.10. The third-order valence-electron chi connectivity index (χ3n) is 3.04. The molecule has 0 aromatic carbocycles. The van der Waals surface area contributed by atoms with Crippen molar-refractivity contribution in [3.63, 3.8) is 0 Å². The van der Waals surface area contributed by atoms with Crippen molar-refractivity contribution in [3.8, 4) is 0 Å². The summed E-state index contributed by atoms with van der Waals surface area (Å²) in [5.74, 6) is 2.43. The van der Waals surface area contributed by atoms with Crippen molar-refractivity contribution in [2.45, 2.75) is 27.2 Å². The minimum absolute atomic E-state index is 0.751. The van der Waals surface area contributed by atoms with Crippen molar-refractivity contribution in [1.29, 1.82) is 0 Å². The highest BCUT2D eigenvalue weighted by atomic mass is 14.8. The zero-order valence-corrected chi connectivity index (χ0v) is 8.72. The predicted molar refractivity (Wildman–Crippen MR) is 54.1 cm³/mol. The number of rotatable bonds is 2. The largest absolute Gasteiger partial charge is 0.319 e. The number of hydrogen-bond donors (Lipinski definition) is 1. The van der Waals surface area contributed by atoms with Gasteiger partial charge in [-0.05, 0) is 44.7 Å². The molecule has 1 rings (SSSR count). The first-order chi connectivity index (χ1) is 5.65. The molecule has 0 spiro atoms. The second kappa shape index (κ2) is 4.08. The van der Waals surface area contributed by atoms with Crippen LogP contribution in [0.15, 0.2) is 11.6 Å². The minimum Gasteiger partial charge on any atom is -0.319 e. The van der Waals surface area contributed by atoms with Crippen molar-refractivity contribution < 1.29 is 0 Å². The van der Waals surface area contributed by atoms with Crippen LogP contribution in [0.1, 0.15) is 27.2 Å². The Labute approximate surface area is 76.2 Å². The molecule has 0 bridgehead atoms. The van der Waals surface area contributed by atoms with Gasteiger partial charge in [0.15, 0.2) is 0 Å². The first-order valence-electron chi connectivity index (χ1n) is 4.97. The van der Waals surface area contributed by atoms with Crippen molar-refractivity contribution in [1.82, 2.24) is 5.32 Å². The Morgan fingerprint density at radius 3 is 2.67 bits per heavy atom. The van der Waals surface area contributed by atoms with Crippen LogP contribution in [-0.4, -0.2) is 13.6 Å². The fourth-order valence-corrected chi connectivity index (χ4v) is 2.44. The summed E-state index contributed by atoms with van der Waals surface area (Å²) in [7, 11) is 2.05. The number of allylic oxidation sites excluding steroid dienone is 2. The number of hydrogen-bond acceptors (Lipinski definition) is 1. The monoisotopic (exact) mass is 167 g/mol. The lowest BCUT2D eigenvalue weighted by atomic mass is 9.75. The molecule has 1 aliphatic rings. The Morgan fingerprint density at radius 2 is 2.17 bits per heavy atom. The lowest BCUT2D eigenvalue weighted by molar-refractivity contribution is 0.267. The molecular formula is C11H21N. The van der Waals surface area contributed by atoms with Gasteiger partial charge in [-0.3, -0.25) is 0 Å². The van der Waals surface area contributed by atoms with Crippen molar-refractivity contribution in [2.75, 3.05) is 13.6 Å². The summed E-state index contributed by atoms with van der Waals surface area (Å²) in [5.41, 5.74) is 1.57. The number of nitrogens with one attached hydrogen (secondary N) is 1. The summed E-state index contributed by atoms with van der Waals surface area (Å²) < 4.78 is 0. The van der Waals surface area contributed by atoms with Gasteiger partial charge in [0.05, 0.1) is 0 Å². The molecule has 3 atom stereocenters. The molecule has 0 saturated carbocycles. The molecule has 0 saturated heterocycles. The van der Waals surface area contributed by atoms with Gasteiger partial charge < -0.3 is 5.32 Å². The van der Waals surface area contributed by atoms with E-state index in [-0.39, 0.29) is 0 Å². The van der Waals surface area contributed by atoms with E-state index in [9.17, 15) is 0 Å². The summed E-state index contributed by atoms with van der Waals surface area (Å²) in [6.45, 7) is 8.12. The molecule has 0 radical (unpaired) electrons. The average Bonchev–Trinajstić information content (AvgIpc) is 1.96. The molecule has 1 N–H and O–H groups in total. The Balaban J connectivity index is 2.62. The fraction of sp³-hybridized carbons (Fsp3) is 0.818. The van der Waals surface area contributed by atoms with Crippen LogP contribution in [0.4, 0.5) is 0 Å². The molecule has 70 valence electrons. The van der Waals surface area contributed by atoms with Gasteiger partial charge in [-0.15, -0.1) is 0 Å². The van der Waals surface area contributed by atoms with Gasteiger partial charge in [0.1, 0.15) is 0 Å². The molecule has 1 aliphatic carbocycles. The lowest BCUT2D eigenvalue weighted by Gasteiger charge is -2.32. The normalized spacial score (nSPS) is 36.3. The van der Waals surface area contributed by atoms with Gasteiger partial charge in [-0.1, -0.05) is 25.5 Å². The van der Waals surface area contributed by atoms with Crippen LogP contribution in [-0.2, 0) is 0 Å². The van der Waals surface area contributed by atoms with E-state index >= 15 is 0 Å². The smallest absolute Gasteiger partial charge is 0.00153 e. The Kier molecular flexibility index (Phi) is 3.33. The van der Waals surface area contributed by atoms with E-state index in [1.165, 1.54) is 6.42 Å².